The average Bonchev–Trinajstić information content (AvgIpc) is 3.45. The summed E-state index contributed by atoms with van der Waals surface area (Å²) in [5.74, 6) is 1.73. The van der Waals surface area contributed by atoms with Crippen LogP contribution >= 0.6 is 12.4 Å². The predicted molar refractivity (Wildman–Crippen MR) is 116 cm³/mol. The molecule has 0 amide bonds. The largest absolute Gasteiger partial charge is 0.504 e. The quantitative estimate of drug-likeness (QED) is 0.692. The summed E-state index contributed by atoms with van der Waals surface area (Å²) in [5, 5.41) is 10.6. The molecule has 2 bridgehead atoms. The minimum absolute atomic E-state index is 0. The predicted octanol–water partition coefficient (Wildman–Crippen LogP) is 3.77. The first-order chi connectivity index (χ1) is 14.1. The zero-order valence-corrected chi connectivity index (χ0v) is 18.5. The van der Waals surface area contributed by atoms with Crippen LogP contribution in [0.1, 0.15) is 63.0 Å². The third-order valence-electron chi connectivity index (χ3n) is 8.38. The van der Waals surface area contributed by atoms with Crippen LogP contribution in [0.4, 0.5) is 0 Å². The van der Waals surface area contributed by atoms with Crippen LogP contribution in [0.5, 0.6) is 11.5 Å². The van der Waals surface area contributed by atoms with Gasteiger partial charge in [-0.1, -0.05) is 19.4 Å². The molecule has 5 nitrogen and oxygen atoms in total. The van der Waals surface area contributed by atoms with Gasteiger partial charge in [-0.2, -0.15) is 0 Å². The topological polar surface area (TPSA) is 59.0 Å². The van der Waals surface area contributed by atoms with Gasteiger partial charge in [-0.3, -0.25) is 9.69 Å². The zero-order chi connectivity index (χ0) is 19.8. The van der Waals surface area contributed by atoms with Gasteiger partial charge in [-0.15, -0.1) is 12.4 Å². The minimum Gasteiger partial charge on any atom is -0.504 e. The lowest BCUT2D eigenvalue weighted by molar-refractivity contribution is -0.214. The second kappa shape index (κ2) is 7.11. The zero-order valence-electron chi connectivity index (χ0n) is 17.7. The van der Waals surface area contributed by atoms with E-state index in [4.69, 9.17) is 9.47 Å². The fourth-order valence-corrected chi connectivity index (χ4v) is 6.93. The molecule has 5 aliphatic rings. The number of phenols is 1. The monoisotopic (exact) mass is 433 g/mol. The van der Waals surface area contributed by atoms with Crippen molar-refractivity contribution in [3.8, 4) is 11.5 Å². The maximum absolute atomic E-state index is 13.1. The van der Waals surface area contributed by atoms with Crippen molar-refractivity contribution >= 4 is 18.2 Å². The lowest BCUT2D eigenvalue weighted by Crippen LogP contribution is -2.77. The van der Waals surface area contributed by atoms with E-state index >= 15 is 0 Å². The van der Waals surface area contributed by atoms with Crippen molar-refractivity contribution in [2.75, 3.05) is 19.7 Å². The van der Waals surface area contributed by atoms with Crippen molar-refractivity contribution in [3.05, 3.63) is 23.3 Å². The number of benzene rings is 1. The van der Waals surface area contributed by atoms with Gasteiger partial charge in [-0.25, -0.2) is 0 Å². The highest BCUT2D eigenvalue weighted by Gasteiger charge is 2.74. The summed E-state index contributed by atoms with van der Waals surface area (Å²) in [4.78, 5) is 15.8. The highest BCUT2D eigenvalue weighted by Crippen LogP contribution is 2.66. The van der Waals surface area contributed by atoms with Gasteiger partial charge in [0.15, 0.2) is 23.4 Å². The summed E-state index contributed by atoms with van der Waals surface area (Å²) in [6.07, 6.45) is 7.40. The van der Waals surface area contributed by atoms with E-state index in [0.29, 0.717) is 12.2 Å². The molecule has 3 fully saturated rings. The van der Waals surface area contributed by atoms with E-state index in [2.05, 4.69) is 17.9 Å². The number of rotatable bonds is 6. The Bertz CT molecular complexity index is 871. The fraction of sp³-hybridized carbons (Fsp3) is 0.708. The number of carbonyl (C=O) groups is 1. The van der Waals surface area contributed by atoms with Crippen molar-refractivity contribution in [3.63, 3.8) is 0 Å². The molecule has 1 spiro atoms. The number of Topliss-reactive ketones (excluding diaryl/α,β-unsaturated/α-hetero) is 1. The summed E-state index contributed by atoms with van der Waals surface area (Å²) in [7, 11) is 0. The Hall–Kier alpha value is -1.30. The second-order valence-corrected chi connectivity index (χ2v) is 9.88. The van der Waals surface area contributed by atoms with Gasteiger partial charge in [0.25, 0.3) is 0 Å². The number of hydrogen-bond acceptors (Lipinski definition) is 5. The Morgan fingerprint density at radius 2 is 2.13 bits per heavy atom. The third kappa shape index (κ3) is 2.52. The molecular weight excluding hydrogens is 402 g/mol. The van der Waals surface area contributed by atoms with Crippen molar-refractivity contribution in [1.29, 1.82) is 0 Å². The van der Waals surface area contributed by atoms with E-state index in [1.54, 1.807) is 6.07 Å². The Kier molecular flexibility index (Phi) is 4.88. The number of halogens is 1. The summed E-state index contributed by atoms with van der Waals surface area (Å²) in [6, 6.07) is 4.10. The molecule has 2 heterocycles. The molecule has 164 valence electrons. The molecule has 4 atom stereocenters. The van der Waals surface area contributed by atoms with E-state index in [-0.39, 0.29) is 35.6 Å². The average molecular weight is 434 g/mol. The van der Waals surface area contributed by atoms with E-state index in [9.17, 15) is 9.90 Å². The van der Waals surface area contributed by atoms with Crippen LogP contribution in [-0.4, -0.2) is 53.2 Å². The van der Waals surface area contributed by atoms with Crippen molar-refractivity contribution < 1.29 is 19.4 Å². The van der Waals surface area contributed by atoms with Crippen LogP contribution in [-0.2, 0) is 21.4 Å². The number of phenolic OH excluding ortho intramolecular Hbond substituents is 1. The number of ether oxygens (including phenoxy) is 2. The van der Waals surface area contributed by atoms with E-state index in [0.717, 1.165) is 63.3 Å². The van der Waals surface area contributed by atoms with Crippen LogP contribution in [0, 0.1) is 5.92 Å². The molecule has 1 N–H and O–H groups in total. The van der Waals surface area contributed by atoms with Gasteiger partial charge in [0, 0.05) is 31.2 Å². The number of nitrogens with zero attached hydrogens (tertiary/aromatic N) is 1. The first-order valence-corrected chi connectivity index (χ1v) is 11.5. The van der Waals surface area contributed by atoms with E-state index in [1.165, 1.54) is 18.4 Å². The molecule has 1 saturated heterocycles. The van der Waals surface area contributed by atoms with Crippen LogP contribution in [0.2, 0.25) is 0 Å². The molecule has 6 heteroatoms. The molecule has 1 aromatic carbocycles. The summed E-state index contributed by atoms with van der Waals surface area (Å²) >= 11 is 0. The number of likely N-dealkylation sites (tertiary alicyclic amines) is 1. The van der Waals surface area contributed by atoms with Gasteiger partial charge in [0.05, 0.1) is 11.0 Å². The highest BCUT2D eigenvalue weighted by atomic mass is 35.5. The van der Waals surface area contributed by atoms with Gasteiger partial charge in [-0.05, 0) is 62.6 Å². The smallest absolute Gasteiger partial charge is 0.174 e. The molecular formula is C24H32ClNO4. The molecule has 2 saturated carbocycles. The number of piperidine rings is 1. The van der Waals surface area contributed by atoms with Gasteiger partial charge in [0.1, 0.15) is 0 Å². The molecule has 2 aliphatic heterocycles. The van der Waals surface area contributed by atoms with E-state index in [1.807, 2.05) is 0 Å². The third-order valence-corrected chi connectivity index (χ3v) is 8.38. The lowest BCUT2D eigenvalue weighted by Gasteiger charge is -2.64. The summed E-state index contributed by atoms with van der Waals surface area (Å²) < 4.78 is 13.2. The maximum Gasteiger partial charge on any atom is 0.174 e. The SMILES string of the molecule is CCCCO[C@@]12CCC(=O)[C@@H]3Oc4c(O)ccc5c4[C@@]31CCN(CC1CC1)[C@@H]2C5.Cl. The summed E-state index contributed by atoms with van der Waals surface area (Å²) in [5.41, 5.74) is 1.51. The Labute approximate surface area is 184 Å². The normalized spacial score (nSPS) is 36.1. The second-order valence-electron chi connectivity index (χ2n) is 9.88. The fourth-order valence-electron chi connectivity index (χ4n) is 6.93. The molecule has 0 unspecified atom stereocenters. The first kappa shape index (κ1) is 20.6. The molecule has 30 heavy (non-hydrogen) atoms. The van der Waals surface area contributed by atoms with Crippen LogP contribution in [0.15, 0.2) is 12.1 Å². The molecule has 0 radical (unpaired) electrons. The van der Waals surface area contributed by atoms with Gasteiger partial charge < -0.3 is 14.6 Å². The maximum atomic E-state index is 13.1. The van der Waals surface area contributed by atoms with Gasteiger partial charge in [0.2, 0.25) is 0 Å². The van der Waals surface area contributed by atoms with Crippen molar-refractivity contribution in [1.82, 2.24) is 4.90 Å². The van der Waals surface area contributed by atoms with Gasteiger partial charge >= 0.3 is 0 Å². The Balaban J connectivity index is 0.00000193. The molecule has 3 aliphatic carbocycles. The van der Waals surface area contributed by atoms with Crippen LogP contribution in [0.3, 0.4) is 0 Å². The first-order valence-electron chi connectivity index (χ1n) is 11.5. The lowest BCUT2D eigenvalue weighted by atomic mass is 9.48. The molecule has 0 aromatic heterocycles. The van der Waals surface area contributed by atoms with Crippen LogP contribution < -0.4 is 4.74 Å². The number of hydrogen-bond donors (Lipinski definition) is 1. The number of unbranched alkanes of at least 4 members (excludes halogenated alkanes) is 1. The molecule has 6 rings (SSSR count). The van der Waals surface area contributed by atoms with Crippen molar-refractivity contribution in [2.45, 2.75) is 81.5 Å². The minimum atomic E-state index is -0.509. The van der Waals surface area contributed by atoms with E-state index < -0.39 is 11.5 Å². The number of ketones is 1. The number of aromatic hydroxyl groups is 1. The molecule has 1 aromatic rings. The number of carbonyl (C=O) groups excluding carboxylic acids is 1. The highest BCUT2D eigenvalue weighted by molar-refractivity contribution is 5.90. The summed E-state index contributed by atoms with van der Waals surface area (Å²) in [6.45, 7) is 5.06. The standard InChI is InChI=1S/C24H31NO4.ClH/c1-2-3-12-28-24-9-8-18(27)22-23(24)10-11-25(14-15-4-5-15)19(24)13-16-6-7-17(26)21(29-22)20(16)23;/h6-7,15,19,22,26H,2-5,8-14H2,1H3;1H/t19-,22+,23+,24-;/m1./s1. The van der Waals surface area contributed by atoms with Crippen LogP contribution in [0.25, 0.3) is 0 Å². The Morgan fingerprint density at radius 3 is 2.90 bits per heavy atom. The Morgan fingerprint density at radius 1 is 1.30 bits per heavy atom. The van der Waals surface area contributed by atoms with Crippen molar-refractivity contribution in [2.24, 2.45) is 5.92 Å².